The average molecular weight is 258 g/mol. The van der Waals surface area contributed by atoms with Crippen molar-refractivity contribution in [2.75, 3.05) is 19.8 Å². The summed E-state index contributed by atoms with van der Waals surface area (Å²) in [4.78, 5) is 22.7. The molecule has 0 bridgehead atoms. The van der Waals surface area contributed by atoms with E-state index < -0.39 is 5.97 Å². The fourth-order valence-corrected chi connectivity index (χ4v) is 2.09. The number of carboxylic acids is 1. The lowest BCUT2D eigenvalue weighted by Crippen LogP contribution is -2.47. The zero-order chi connectivity index (χ0) is 13.5. The largest absolute Gasteiger partial charge is 0.481 e. The highest BCUT2D eigenvalue weighted by Gasteiger charge is 2.34. The Morgan fingerprint density at radius 1 is 1.39 bits per heavy atom. The van der Waals surface area contributed by atoms with Crippen LogP contribution >= 0.6 is 0 Å². The predicted octanol–water partition coefficient (Wildman–Crippen LogP) is -0.0196. The van der Waals surface area contributed by atoms with Crippen molar-refractivity contribution >= 4 is 11.9 Å². The molecule has 0 aromatic heterocycles. The zero-order valence-corrected chi connectivity index (χ0v) is 10.9. The number of nitrogens with one attached hydrogen (secondary N) is 2. The van der Waals surface area contributed by atoms with E-state index in [1.54, 1.807) is 0 Å². The van der Waals surface area contributed by atoms with Gasteiger partial charge in [0.1, 0.15) is 0 Å². The second-order valence-electron chi connectivity index (χ2n) is 4.52. The van der Waals surface area contributed by atoms with E-state index >= 15 is 0 Å². The van der Waals surface area contributed by atoms with E-state index in [9.17, 15) is 9.59 Å². The van der Waals surface area contributed by atoms with Gasteiger partial charge in [-0.2, -0.15) is 0 Å². The molecule has 6 heteroatoms. The lowest BCUT2D eigenvalue weighted by molar-refractivity contribution is -0.137. The Balaban J connectivity index is 2.49. The SMILES string of the molecule is CCNC1COCC1C(=O)NC(CC)CC(=O)O. The van der Waals surface area contributed by atoms with Crippen molar-refractivity contribution < 1.29 is 19.4 Å². The van der Waals surface area contributed by atoms with Gasteiger partial charge in [0.15, 0.2) is 0 Å². The van der Waals surface area contributed by atoms with Crippen LogP contribution in [0.15, 0.2) is 0 Å². The molecule has 1 fully saturated rings. The lowest BCUT2D eigenvalue weighted by atomic mass is 10.0. The zero-order valence-electron chi connectivity index (χ0n) is 10.9. The molecule has 6 nitrogen and oxygen atoms in total. The third-order valence-corrected chi connectivity index (χ3v) is 3.14. The second-order valence-corrected chi connectivity index (χ2v) is 4.52. The number of carbonyl (C=O) groups is 2. The number of aliphatic carboxylic acids is 1. The smallest absolute Gasteiger partial charge is 0.305 e. The number of rotatable bonds is 7. The Morgan fingerprint density at radius 2 is 2.11 bits per heavy atom. The number of likely N-dealkylation sites (N-methyl/N-ethyl adjacent to an activating group) is 1. The molecule has 1 heterocycles. The molecule has 3 atom stereocenters. The molecule has 0 aromatic rings. The summed E-state index contributed by atoms with van der Waals surface area (Å²) in [6.07, 6.45) is 0.569. The Bertz CT molecular complexity index is 296. The first-order chi connectivity index (χ1) is 8.58. The summed E-state index contributed by atoms with van der Waals surface area (Å²) >= 11 is 0. The molecule has 0 aliphatic carbocycles. The van der Waals surface area contributed by atoms with Crippen molar-refractivity contribution in [3.8, 4) is 0 Å². The molecule has 0 spiro atoms. The lowest BCUT2D eigenvalue weighted by Gasteiger charge is -2.21. The molecule has 3 unspecified atom stereocenters. The molecule has 1 saturated heterocycles. The van der Waals surface area contributed by atoms with Crippen LogP contribution in [0.3, 0.4) is 0 Å². The Kier molecular flexibility index (Phi) is 6.07. The highest BCUT2D eigenvalue weighted by molar-refractivity contribution is 5.81. The van der Waals surface area contributed by atoms with Crippen LogP contribution in [0.2, 0.25) is 0 Å². The van der Waals surface area contributed by atoms with Crippen molar-refractivity contribution in [2.24, 2.45) is 5.92 Å². The van der Waals surface area contributed by atoms with Gasteiger partial charge in [-0.05, 0) is 13.0 Å². The highest BCUT2D eigenvalue weighted by atomic mass is 16.5. The Labute approximate surface area is 107 Å². The molecule has 104 valence electrons. The predicted molar refractivity (Wildman–Crippen MR) is 66.2 cm³/mol. The minimum Gasteiger partial charge on any atom is -0.481 e. The van der Waals surface area contributed by atoms with Gasteiger partial charge in [-0.3, -0.25) is 9.59 Å². The molecule has 1 aliphatic heterocycles. The van der Waals surface area contributed by atoms with Crippen LogP contribution in [0.5, 0.6) is 0 Å². The van der Waals surface area contributed by atoms with Crippen LogP contribution < -0.4 is 10.6 Å². The molecule has 0 radical (unpaired) electrons. The van der Waals surface area contributed by atoms with Gasteiger partial charge in [0.2, 0.25) is 5.91 Å². The normalized spacial score (nSPS) is 24.8. The second kappa shape index (κ2) is 7.33. The van der Waals surface area contributed by atoms with Crippen LogP contribution in [0, 0.1) is 5.92 Å². The molecule has 1 rings (SSSR count). The number of carbonyl (C=O) groups excluding carboxylic acids is 1. The molecule has 0 saturated carbocycles. The van der Waals surface area contributed by atoms with Gasteiger partial charge in [-0.25, -0.2) is 0 Å². The van der Waals surface area contributed by atoms with Crippen molar-refractivity contribution in [1.29, 1.82) is 0 Å². The summed E-state index contributed by atoms with van der Waals surface area (Å²) in [5.41, 5.74) is 0. The van der Waals surface area contributed by atoms with Crippen LogP contribution in [-0.2, 0) is 14.3 Å². The van der Waals surface area contributed by atoms with Gasteiger partial charge in [0.05, 0.1) is 25.6 Å². The number of ether oxygens (including phenoxy) is 1. The maximum atomic E-state index is 12.1. The van der Waals surface area contributed by atoms with E-state index in [2.05, 4.69) is 10.6 Å². The molecule has 1 amide bonds. The summed E-state index contributed by atoms with van der Waals surface area (Å²) in [6, 6.07) is -0.282. The molecule has 3 N–H and O–H groups in total. The van der Waals surface area contributed by atoms with E-state index in [0.29, 0.717) is 19.6 Å². The maximum Gasteiger partial charge on any atom is 0.305 e. The average Bonchev–Trinajstić information content (AvgIpc) is 2.76. The first-order valence-corrected chi connectivity index (χ1v) is 6.41. The van der Waals surface area contributed by atoms with E-state index in [4.69, 9.17) is 9.84 Å². The first kappa shape index (κ1) is 14.9. The summed E-state index contributed by atoms with van der Waals surface area (Å²) in [6.45, 7) is 5.55. The van der Waals surface area contributed by atoms with Gasteiger partial charge in [0, 0.05) is 12.1 Å². The minimum absolute atomic E-state index is 0.0253. The summed E-state index contributed by atoms with van der Waals surface area (Å²) < 4.78 is 5.30. The molecule has 1 aliphatic rings. The Morgan fingerprint density at radius 3 is 2.67 bits per heavy atom. The number of carboxylic acid groups (broad SMARTS) is 1. The molecule has 0 aromatic carbocycles. The molecular weight excluding hydrogens is 236 g/mol. The molecular formula is C12H22N2O4. The van der Waals surface area contributed by atoms with E-state index in [1.807, 2.05) is 13.8 Å². The number of hydrogen-bond donors (Lipinski definition) is 3. The highest BCUT2D eigenvalue weighted by Crippen LogP contribution is 2.14. The maximum absolute atomic E-state index is 12.1. The quantitative estimate of drug-likeness (QED) is 0.597. The van der Waals surface area contributed by atoms with E-state index in [-0.39, 0.29) is 30.3 Å². The Hall–Kier alpha value is -1.14. The summed E-state index contributed by atoms with van der Waals surface area (Å²) in [5, 5.41) is 14.7. The number of hydrogen-bond acceptors (Lipinski definition) is 4. The summed E-state index contributed by atoms with van der Waals surface area (Å²) in [7, 11) is 0. The third kappa shape index (κ3) is 4.27. The fraction of sp³-hybridized carbons (Fsp3) is 0.833. The van der Waals surface area contributed by atoms with E-state index in [1.165, 1.54) is 0 Å². The topological polar surface area (TPSA) is 87.7 Å². The van der Waals surface area contributed by atoms with Crippen LogP contribution in [-0.4, -0.2) is 48.8 Å². The van der Waals surface area contributed by atoms with Crippen molar-refractivity contribution in [3.05, 3.63) is 0 Å². The van der Waals surface area contributed by atoms with Gasteiger partial charge in [-0.15, -0.1) is 0 Å². The monoisotopic (exact) mass is 258 g/mol. The van der Waals surface area contributed by atoms with E-state index in [0.717, 1.165) is 6.54 Å². The van der Waals surface area contributed by atoms with Crippen molar-refractivity contribution in [1.82, 2.24) is 10.6 Å². The van der Waals surface area contributed by atoms with Crippen LogP contribution in [0.25, 0.3) is 0 Å². The fourth-order valence-electron chi connectivity index (χ4n) is 2.09. The van der Waals surface area contributed by atoms with Gasteiger partial charge in [0.25, 0.3) is 0 Å². The third-order valence-electron chi connectivity index (χ3n) is 3.14. The van der Waals surface area contributed by atoms with Gasteiger partial charge < -0.3 is 20.5 Å². The van der Waals surface area contributed by atoms with Gasteiger partial charge in [-0.1, -0.05) is 13.8 Å². The molecule has 18 heavy (non-hydrogen) atoms. The number of amides is 1. The summed E-state index contributed by atoms with van der Waals surface area (Å²) in [5.74, 6) is -1.24. The first-order valence-electron chi connectivity index (χ1n) is 6.41. The standard InChI is InChI=1S/C12H22N2O4/c1-3-8(5-11(15)16)14-12(17)9-6-18-7-10(9)13-4-2/h8-10,13H,3-7H2,1-2H3,(H,14,17)(H,15,16). The van der Waals surface area contributed by atoms with Crippen LogP contribution in [0.1, 0.15) is 26.7 Å². The van der Waals surface area contributed by atoms with Crippen LogP contribution in [0.4, 0.5) is 0 Å². The van der Waals surface area contributed by atoms with Gasteiger partial charge >= 0.3 is 5.97 Å². The minimum atomic E-state index is -0.895. The van der Waals surface area contributed by atoms with Crippen molar-refractivity contribution in [2.45, 2.75) is 38.8 Å². The van der Waals surface area contributed by atoms with Crippen molar-refractivity contribution in [3.63, 3.8) is 0 Å².